The summed E-state index contributed by atoms with van der Waals surface area (Å²) in [4.78, 5) is 15.7. The molecule has 0 aliphatic rings. The number of rotatable bonds is 8. The number of aromatic nitrogens is 1. The maximum Gasteiger partial charge on any atom is 0.177 e. The third kappa shape index (κ3) is 4.92. The number of carbonyl (C=O) groups excluding carboxylic acids is 1. The smallest absolute Gasteiger partial charge is 0.177 e. The van der Waals surface area contributed by atoms with Crippen molar-refractivity contribution < 1.29 is 4.79 Å². The zero-order valence-electron chi connectivity index (χ0n) is 14.9. The summed E-state index contributed by atoms with van der Waals surface area (Å²) in [6, 6.07) is 8.47. The molecule has 0 saturated carbocycles. The standard InChI is InChI=1S/C18H20ClN7O/c1-2-3-8-23-18-13(10-20)15(21)16(17(22)24-18)26-25-12-6-4-11(5-7-12)14(27)9-19/h4-7H,2-3,8-9H2,1H3,(H5,21,22,23,24). The number of nitriles is 1. The second-order valence-corrected chi connectivity index (χ2v) is 5.95. The van der Waals surface area contributed by atoms with Crippen LogP contribution >= 0.6 is 11.6 Å². The summed E-state index contributed by atoms with van der Waals surface area (Å²) in [6.07, 6.45) is 1.93. The molecule has 0 aliphatic heterocycles. The van der Waals surface area contributed by atoms with Crippen LogP contribution in [0.5, 0.6) is 0 Å². The average molecular weight is 386 g/mol. The van der Waals surface area contributed by atoms with Gasteiger partial charge >= 0.3 is 0 Å². The molecule has 8 nitrogen and oxygen atoms in total. The predicted octanol–water partition coefficient (Wildman–Crippen LogP) is 4.17. The van der Waals surface area contributed by atoms with Gasteiger partial charge in [-0.15, -0.1) is 16.7 Å². The first-order valence-electron chi connectivity index (χ1n) is 8.35. The van der Waals surface area contributed by atoms with Crippen molar-refractivity contribution in [1.82, 2.24) is 4.98 Å². The lowest BCUT2D eigenvalue weighted by molar-refractivity contribution is 0.102. The molecule has 1 aromatic heterocycles. The molecule has 0 radical (unpaired) electrons. The number of nitrogen functional groups attached to an aromatic ring is 2. The van der Waals surface area contributed by atoms with Crippen molar-refractivity contribution in [2.45, 2.75) is 19.8 Å². The second kappa shape index (κ2) is 9.50. The van der Waals surface area contributed by atoms with Crippen LogP contribution in [0.4, 0.5) is 28.7 Å². The maximum atomic E-state index is 11.5. The molecule has 1 heterocycles. The Morgan fingerprint density at radius 3 is 2.59 bits per heavy atom. The Balaban J connectivity index is 2.29. The number of anilines is 3. The predicted molar refractivity (Wildman–Crippen MR) is 107 cm³/mol. The lowest BCUT2D eigenvalue weighted by Gasteiger charge is -2.11. The van der Waals surface area contributed by atoms with Gasteiger partial charge in [-0.05, 0) is 30.7 Å². The molecule has 0 aliphatic carbocycles. The van der Waals surface area contributed by atoms with Crippen LogP contribution in [0.15, 0.2) is 34.5 Å². The van der Waals surface area contributed by atoms with Gasteiger partial charge in [-0.2, -0.15) is 10.4 Å². The van der Waals surface area contributed by atoms with Gasteiger partial charge in [-0.3, -0.25) is 4.79 Å². The van der Waals surface area contributed by atoms with Gasteiger partial charge in [0.15, 0.2) is 17.3 Å². The molecule has 2 aromatic rings. The Bertz CT molecular complexity index is 888. The third-order valence-electron chi connectivity index (χ3n) is 3.75. The number of hydrogen-bond acceptors (Lipinski definition) is 8. The van der Waals surface area contributed by atoms with E-state index in [0.717, 1.165) is 12.8 Å². The van der Waals surface area contributed by atoms with E-state index in [1.165, 1.54) is 0 Å². The van der Waals surface area contributed by atoms with Crippen molar-refractivity contribution in [3.63, 3.8) is 0 Å². The van der Waals surface area contributed by atoms with Crippen LogP contribution in [0.1, 0.15) is 35.7 Å². The second-order valence-electron chi connectivity index (χ2n) is 5.68. The van der Waals surface area contributed by atoms with Gasteiger partial charge in [0.1, 0.15) is 17.5 Å². The summed E-state index contributed by atoms with van der Waals surface area (Å²) in [7, 11) is 0. The molecule has 0 atom stereocenters. The molecule has 2 rings (SSSR count). The number of ketones is 1. The Kier molecular flexibility index (Phi) is 7.08. The van der Waals surface area contributed by atoms with Crippen LogP contribution in [0, 0.1) is 11.3 Å². The van der Waals surface area contributed by atoms with E-state index in [1.807, 2.05) is 6.07 Å². The van der Waals surface area contributed by atoms with Crippen LogP contribution in [-0.2, 0) is 0 Å². The van der Waals surface area contributed by atoms with E-state index in [4.69, 9.17) is 23.1 Å². The molecule has 0 spiro atoms. The number of carbonyl (C=O) groups is 1. The molecule has 0 saturated heterocycles. The van der Waals surface area contributed by atoms with Gasteiger partial charge in [0, 0.05) is 12.1 Å². The number of pyridine rings is 1. The summed E-state index contributed by atoms with van der Waals surface area (Å²) in [5.41, 5.74) is 13.4. The minimum Gasteiger partial charge on any atom is -0.396 e. The fourth-order valence-corrected chi connectivity index (χ4v) is 2.40. The number of nitrogens with one attached hydrogen (secondary N) is 1. The number of azo groups is 1. The molecule has 27 heavy (non-hydrogen) atoms. The summed E-state index contributed by atoms with van der Waals surface area (Å²) >= 11 is 5.53. The molecule has 0 unspecified atom stereocenters. The quantitative estimate of drug-likeness (QED) is 0.269. The van der Waals surface area contributed by atoms with Gasteiger partial charge in [0.2, 0.25) is 0 Å². The van der Waals surface area contributed by atoms with Crippen molar-refractivity contribution in [3.05, 3.63) is 35.4 Å². The number of nitrogens with zero attached hydrogens (tertiary/aromatic N) is 4. The minimum absolute atomic E-state index is 0.0724. The van der Waals surface area contributed by atoms with E-state index >= 15 is 0 Å². The van der Waals surface area contributed by atoms with Crippen LogP contribution in [-0.4, -0.2) is 23.2 Å². The Morgan fingerprint density at radius 1 is 1.30 bits per heavy atom. The third-order valence-corrected chi connectivity index (χ3v) is 3.99. The Labute approximate surface area is 162 Å². The lowest BCUT2D eigenvalue weighted by atomic mass is 10.1. The van der Waals surface area contributed by atoms with Gasteiger partial charge in [0.25, 0.3) is 0 Å². The van der Waals surface area contributed by atoms with Crippen molar-refractivity contribution in [2.75, 3.05) is 29.2 Å². The zero-order valence-corrected chi connectivity index (χ0v) is 15.6. The van der Waals surface area contributed by atoms with E-state index < -0.39 is 0 Å². The van der Waals surface area contributed by atoms with Crippen molar-refractivity contribution in [1.29, 1.82) is 5.26 Å². The highest BCUT2D eigenvalue weighted by Crippen LogP contribution is 2.35. The van der Waals surface area contributed by atoms with Crippen LogP contribution in [0.2, 0.25) is 0 Å². The first-order chi connectivity index (χ1) is 13.0. The lowest BCUT2D eigenvalue weighted by Crippen LogP contribution is -2.09. The van der Waals surface area contributed by atoms with Crippen molar-refractivity contribution in [3.8, 4) is 6.07 Å². The maximum absolute atomic E-state index is 11.5. The van der Waals surface area contributed by atoms with E-state index in [0.29, 0.717) is 23.6 Å². The van der Waals surface area contributed by atoms with E-state index in [-0.39, 0.29) is 34.4 Å². The van der Waals surface area contributed by atoms with Gasteiger partial charge < -0.3 is 16.8 Å². The number of hydrogen-bond donors (Lipinski definition) is 3. The number of unbranched alkanes of at least 4 members (excludes halogenated alkanes) is 1. The molecular formula is C18H20ClN7O. The van der Waals surface area contributed by atoms with E-state index in [9.17, 15) is 10.1 Å². The number of Topliss-reactive ketones (excluding diaryl/α,β-unsaturated/α-hetero) is 1. The summed E-state index contributed by atoms with van der Waals surface area (Å²) in [6.45, 7) is 2.72. The number of nitrogens with two attached hydrogens (primary N) is 2. The molecule has 0 fully saturated rings. The highest BCUT2D eigenvalue weighted by Gasteiger charge is 2.16. The van der Waals surface area contributed by atoms with E-state index in [2.05, 4.69) is 27.5 Å². The fraction of sp³-hybridized carbons (Fsp3) is 0.278. The van der Waals surface area contributed by atoms with Crippen molar-refractivity contribution >= 4 is 46.1 Å². The first-order valence-corrected chi connectivity index (χ1v) is 8.89. The van der Waals surface area contributed by atoms with Gasteiger partial charge in [0.05, 0.1) is 17.3 Å². The largest absolute Gasteiger partial charge is 0.396 e. The Morgan fingerprint density at radius 2 is 2.00 bits per heavy atom. The molecule has 1 aromatic carbocycles. The zero-order chi connectivity index (χ0) is 19.8. The summed E-state index contributed by atoms with van der Waals surface area (Å²) in [5, 5.41) is 20.6. The molecular weight excluding hydrogens is 366 g/mol. The molecule has 9 heteroatoms. The number of alkyl halides is 1. The summed E-state index contributed by atoms with van der Waals surface area (Å²) < 4.78 is 0. The molecule has 0 bridgehead atoms. The minimum atomic E-state index is -0.178. The van der Waals surface area contributed by atoms with Crippen LogP contribution in [0.25, 0.3) is 0 Å². The highest BCUT2D eigenvalue weighted by atomic mass is 35.5. The van der Waals surface area contributed by atoms with Gasteiger partial charge in [-0.1, -0.05) is 13.3 Å². The van der Waals surface area contributed by atoms with Crippen LogP contribution in [0.3, 0.4) is 0 Å². The fourth-order valence-electron chi connectivity index (χ4n) is 2.24. The molecule has 0 amide bonds. The number of halogens is 1. The normalized spacial score (nSPS) is 10.7. The molecule has 140 valence electrons. The molecule has 5 N–H and O–H groups in total. The van der Waals surface area contributed by atoms with Gasteiger partial charge in [-0.25, -0.2) is 4.98 Å². The highest BCUT2D eigenvalue weighted by molar-refractivity contribution is 6.30. The van der Waals surface area contributed by atoms with Crippen LogP contribution < -0.4 is 16.8 Å². The van der Waals surface area contributed by atoms with E-state index in [1.54, 1.807) is 24.3 Å². The topological polar surface area (TPSA) is 143 Å². The number of benzene rings is 1. The van der Waals surface area contributed by atoms with Crippen molar-refractivity contribution in [2.24, 2.45) is 10.2 Å². The average Bonchev–Trinajstić information content (AvgIpc) is 2.68. The SMILES string of the molecule is CCCCNc1nc(N)c(N=Nc2ccc(C(=O)CCl)cc2)c(N)c1C#N. The monoisotopic (exact) mass is 385 g/mol. The first kappa shape index (κ1) is 20.1. The summed E-state index contributed by atoms with van der Waals surface area (Å²) in [5.74, 6) is 0.143. The Hall–Kier alpha value is -3.18.